The molecule has 0 aliphatic heterocycles. The Morgan fingerprint density at radius 2 is 2.29 bits per heavy atom. The molecule has 1 N–H and O–H groups in total. The predicted molar refractivity (Wildman–Crippen MR) is 59.2 cm³/mol. The maximum absolute atomic E-state index is 5.41. The molecule has 14 heavy (non-hydrogen) atoms. The van der Waals surface area contributed by atoms with Gasteiger partial charge in [0.15, 0.2) is 4.67 Å². The minimum Gasteiger partial charge on any atom is -0.452 e. The lowest BCUT2D eigenvalue weighted by atomic mass is 10.4. The van der Waals surface area contributed by atoms with Crippen LogP contribution in [0.25, 0.3) is 0 Å². The quantitative estimate of drug-likeness (QED) is 0.800. The molecule has 0 amide bonds. The summed E-state index contributed by atoms with van der Waals surface area (Å²) in [5.41, 5.74) is 0. The molecule has 0 spiro atoms. The van der Waals surface area contributed by atoms with E-state index in [1.807, 2.05) is 12.1 Å². The first-order chi connectivity index (χ1) is 6.68. The van der Waals surface area contributed by atoms with Gasteiger partial charge in [0.25, 0.3) is 0 Å². The Balaban J connectivity index is 2.04. The van der Waals surface area contributed by atoms with Crippen LogP contribution in [0.5, 0.6) is 0 Å². The van der Waals surface area contributed by atoms with E-state index in [9.17, 15) is 0 Å². The third-order valence-corrected chi connectivity index (χ3v) is 2.10. The molecule has 1 rings (SSSR count). The SMILES string of the molecule is CC(C)NCCOCc1ccc(Br)o1. The number of halogens is 1. The monoisotopic (exact) mass is 261 g/mol. The number of rotatable bonds is 6. The minimum absolute atomic E-state index is 0.511. The van der Waals surface area contributed by atoms with Crippen molar-refractivity contribution in [1.82, 2.24) is 5.32 Å². The molecule has 80 valence electrons. The zero-order valence-electron chi connectivity index (χ0n) is 8.55. The first kappa shape index (κ1) is 11.8. The van der Waals surface area contributed by atoms with Crippen LogP contribution in [-0.2, 0) is 11.3 Å². The Morgan fingerprint density at radius 1 is 1.50 bits per heavy atom. The van der Waals surface area contributed by atoms with E-state index in [-0.39, 0.29) is 0 Å². The van der Waals surface area contributed by atoms with Crippen LogP contribution in [0, 0.1) is 0 Å². The molecule has 0 aromatic carbocycles. The number of furan rings is 1. The topological polar surface area (TPSA) is 34.4 Å². The summed E-state index contributed by atoms with van der Waals surface area (Å²) in [6, 6.07) is 4.28. The van der Waals surface area contributed by atoms with Gasteiger partial charge in [0.2, 0.25) is 0 Å². The second kappa shape index (κ2) is 6.22. The molecule has 0 radical (unpaired) electrons. The van der Waals surface area contributed by atoms with Gasteiger partial charge in [-0.15, -0.1) is 0 Å². The van der Waals surface area contributed by atoms with Crippen molar-refractivity contribution < 1.29 is 9.15 Å². The van der Waals surface area contributed by atoms with Gasteiger partial charge in [0, 0.05) is 12.6 Å². The molecular formula is C10H16BrNO2. The van der Waals surface area contributed by atoms with Gasteiger partial charge in [-0.25, -0.2) is 0 Å². The lowest BCUT2D eigenvalue weighted by Gasteiger charge is -2.07. The minimum atomic E-state index is 0.511. The molecule has 0 aliphatic rings. The van der Waals surface area contributed by atoms with Crippen LogP contribution in [-0.4, -0.2) is 19.2 Å². The Bertz CT molecular complexity index is 260. The molecule has 0 saturated heterocycles. The molecule has 0 aliphatic carbocycles. The predicted octanol–water partition coefficient (Wildman–Crippen LogP) is 2.56. The first-order valence-corrected chi connectivity index (χ1v) is 5.53. The molecule has 3 nitrogen and oxygen atoms in total. The van der Waals surface area contributed by atoms with Gasteiger partial charge >= 0.3 is 0 Å². The van der Waals surface area contributed by atoms with Gasteiger partial charge in [-0.3, -0.25) is 0 Å². The Morgan fingerprint density at radius 3 is 2.86 bits per heavy atom. The van der Waals surface area contributed by atoms with Crippen molar-refractivity contribution in [3.63, 3.8) is 0 Å². The molecule has 4 heteroatoms. The Kier molecular flexibility index (Phi) is 5.22. The fraction of sp³-hybridized carbons (Fsp3) is 0.600. The van der Waals surface area contributed by atoms with E-state index in [1.165, 1.54) is 0 Å². The summed E-state index contributed by atoms with van der Waals surface area (Å²) in [4.78, 5) is 0. The molecular weight excluding hydrogens is 246 g/mol. The largest absolute Gasteiger partial charge is 0.452 e. The zero-order valence-corrected chi connectivity index (χ0v) is 10.1. The number of hydrogen-bond acceptors (Lipinski definition) is 3. The standard InChI is InChI=1S/C10H16BrNO2/c1-8(2)12-5-6-13-7-9-3-4-10(11)14-9/h3-4,8,12H,5-7H2,1-2H3. The first-order valence-electron chi connectivity index (χ1n) is 4.74. The molecule has 1 aromatic heterocycles. The molecule has 1 heterocycles. The third-order valence-electron chi connectivity index (χ3n) is 1.67. The highest BCUT2D eigenvalue weighted by atomic mass is 79.9. The van der Waals surface area contributed by atoms with E-state index in [0.29, 0.717) is 19.3 Å². The fourth-order valence-electron chi connectivity index (χ4n) is 1.02. The highest BCUT2D eigenvalue weighted by Gasteiger charge is 1.99. The zero-order chi connectivity index (χ0) is 10.4. The maximum Gasteiger partial charge on any atom is 0.169 e. The van der Waals surface area contributed by atoms with E-state index < -0.39 is 0 Å². The van der Waals surface area contributed by atoms with Crippen LogP contribution in [0.15, 0.2) is 21.2 Å². The summed E-state index contributed by atoms with van der Waals surface area (Å²) >= 11 is 3.24. The van der Waals surface area contributed by atoms with Gasteiger partial charge < -0.3 is 14.5 Å². The highest BCUT2D eigenvalue weighted by molar-refractivity contribution is 9.10. The van der Waals surface area contributed by atoms with Crippen LogP contribution in [0.4, 0.5) is 0 Å². The summed E-state index contributed by atoms with van der Waals surface area (Å²) in [6.45, 7) is 6.34. The smallest absolute Gasteiger partial charge is 0.169 e. The van der Waals surface area contributed by atoms with Crippen LogP contribution in [0.3, 0.4) is 0 Å². The molecule has 0 fully saturated rings. The van der Waals surface area contributed by atoms with Gasteiger partial charge in [-0.2, -0.15) is 0 Å². The molecule has 0 unspecified atom stereocenters. The molecule has 1 aromatic rings. The van der Waals surface area contributed by atoms with Gasteiger partial charge in [0.05, 0.1) is 6.61 Å². The Labute approximate surface area is 92.9 Å². The van der Waals surface area contributed by atoms with Crippen LogP contribution >= 0.6 is 15.9 Å². The molecule has 0 bridgehead atoms. The van der Waals surface area contributed by atoms with Crippen molar-refractivity contribution in [2.45, 2.75) is 26.5 Å². The van der Waals surface area contributed by atoms with Gasteiger partial charge in [-0.1, -0.05) is 13.8 Å². The normalized spacial score (nSPS) is 11.1. The average Bonchev–Trinajstić information content (AvgIpc) is 2.50. The van der Waals surface area contributed by atoms with Crippen LogP contribution in [0.1, 0.15) is 19.6 Å². The fourth-order valence-corrected chi connectivity index (χ4v) is 1.36. The van der Waals surface area contributed by atoms with E-state index >= 15 is 0 Å². The summed E-state index contributed by atoms with van der Waals surface area (Å²) in [5.74, 6) is 0.849. The summed E-state index contributed by atoms with van der Waals surface area (Å²) < 4.78 is 11.4. The Hall–Kier alpha value is -0.320. The van der Waals surface area contributed by atoms with Crippen molar-refractivity contribution in [2.75, 3.05) is 13.2 Å². The maximum atomic E-state index is 5.41. The number of nitrogens with one attached hydrogen (secondary N) is 1. The summed E-state index contributed by atoms with van der Waals surface area (Å²) in [6.07, 6.45) is 0. The summed E-state index contributed by atoms with van der Waals surface area (Å²) in [5, 5.41) is 3.27. The van der Waals surface area contributed by atoms with Crippen LogP contribution in [0.2, 0.25) is 0 Å². The second-order valence-corrected chi connectivity index (χ2v) is 4.15. The summed E-state index contributed by atoms with van der Waals surface area (Å²) in [7, 11) is 0. The second-order valence-electron chi connectivity index (χ2n) is 3.37. The van der Waals surface area contributed by atoms with Gasteiger partial charge in [0.1, 0.15) is 12.4 Å². The third kappa shape index (κ3) is 4.79. The lowest BCUT2D eigenvalue weighted by molar-refractivity contribution is 0.106. The van der Waals surface area contributed by atoms with Crippen molar-refractivity contribution in [1.29, 1.82) is 0 Å². The van der Waals surface area contributed by atoms with E-state index in [0.717, 1.165) is 17.0 Å². The highest BCUT2D eigenvalue weighted by Crippen LogP contribution is 2.14. The van der Waals surface area contributed by atoms with Crippen molar-refractivity contribution in [2.24, 2.45) is 0 Å². The van der Waals surface area contributed by atoms with Crippen molar-refractivity contribution >= 4 is 15.9 Å². The van der Waals surface area contributed by atoms with E-state index in [4.69, 9.17) is 9.15 Å². The molecule has 0 atom stereocenters. The number of hydrogen-bond donors (Lipinski definition) is 1. The lowest BCUT2D eigenvalue weighted by Crippen LogP contribution is -2.26. The van der Waals surface area contributed by atoms with E-state index in [2.05, 4.69) is 35.1 Å². The number of ether oxygens (including phenoxy) is 1. The molecule has 0 saturated carbocycles. The van der Waals surface area contributed by atoms with Crippen molar-refractivity contribution in [3.8, 4) is 0 Å². The van der Waals surface area contributed by atoms with Crippen LogP contribution < -0.4 is 5.32 Å². The van der Waals surface area contributed by atoms with Crippen molar-refractivity contribution in [3.05, 3.63) is 22.6 Å². The van der Waals surface area contributed by atoms with Gasteiger partial charge in [-0.05, 0) is 28.1 Å². The van der Waals surface area contributed by atoms with E-state index in [1.54, 1.807) is 0 Å². The average molecular weight is 262 g/mol.